The summed E-state index contributed by atoms with van der Waals surface area (Å²) in [5, 5.41) is 0. The summed E-state index contributed by atoms with van der Waals surface area (Å²) < 4.78 is 31.0. The number of esters is 1. The Labute approximate surface area is 100 Å². The molecule has 0 amide bonds. The first kappa shape index (κ1) is 15.4. The van der Waals surface area contributed by atoms with Crippen LogP contribution in [0.3, 0.4) is 0 Å². The van der Waals surface area contributed by atoms with E-state index in [-0.39, 0.29) is 18.6 Å². The average Bonchev–Trinajstić information content (AvgIpc) is 2.23. The molecule has 0 atom stereocenters. The highest BCUT2D eigenvalue weighted by Gasteiger charge is 2.15. The zero-order chi connectivity index (χ0) is 13.5. The van der Waals surface area contributed by atoms with Crippen molar-refractivity contribution in [1.29, 1.82) is 0 Å². The van der Waals surface area contributed by atoms with E-state index >= 15 is 0 Å². The zero-order valence-corrected chi connectivity index (χ0v) is 10.3. The fourth-order valence-electron chi connectivity index (χ4n) is 0.725. The van der Waals surface area contributed by atoms with Gasteiger partial charge in [-0.25, -0.2) is 9.59 Å². The van der Waals surface area contributed by atoms with Crippen LogP contribution in [0.2, 0.25) is 0 Å². The number of hydrogen-bond acceptors (Lipinski definition) is 6. The molecule has 0 aliphatic rings. The molecule has 0 rings (SSSR count). The molecule has 0 heterocycles. The van der Waals surface area contributed by atoms with Gasteiger partial charge in [0.15, 0.2) is 0 Å². The van der Waals surface area contributed by atoms with E-state index in [0.717, 1.165) is 6.08 Å². The van der Waals surface area contributed by atoms with Crippen LogP contribution in [-0.2, 0) is 28.6 Å². The van der Waals surface area contributed by atoms with Crippen molar-refractivity contribution >= 4 is 22.1 Å². The summed E-state index contributed by atoms with van der Waals surface area (Å²) in [6, 6.07) is 0. The Morgan fingerprint density at radius 3 is 2.41 bits per heavy atom. The van der Waals surface area contributed by atoms with Crippen LogP contribution >= 0.6 is 0 Å². The minimum atomic E-state index is -3.95. The lowest BCUT2D eigenvalue weighted by molar-refractivity contribution is -0.139. The average molecular weight is 262 g/mol. The first-order valence-electron chi connectivity index (χ1n) is 4.69. The molecular formula is C10H14O6S. The molecule has 0 fully saturated rings. The lowest BCUT2D eigenvalue weighted by atomic mass is 10.4. The van der Waals surface area contributed by atoms with Crippen LogP contribution in [-0.4, -0.2) is 32.7 Å². The van der Waals surface area contributed by atoms with Gasteiger partial charge in [0.2, 0.25) is 0 Å². The van der Waals surface area contributed by atoms with Crippen molar-refractivity contribution in [2.45, 2.75) is 13.3 Å². The minimum Gasteiger partial charge on any atom is -0.462 e. The molecular weight excluding hydrogens is 248 g/mol. The van der Waals surface area contributed by atoms with Gasteiger partial charge in [-0.15, -0.1) is 0 Å². The molecule has 0 aliphatic heterocycles. The summed E-state index contributed by atoms with van der Waals surface area (Å²) in [6.07, 6.45) is 0.782. The Balaban J connectivity index is 3.96. The molecule has 0 aliphatic carbocycles. The van der Waals surface area contributed by atoms with Gasteiger partial charge in [0, 0.05) is 11.6 Å². The molecule has 0 aromatic heterocycles. The Kier molecular flexibility index (Phi) is 6.19. The second kappa shape index (κ2) is 6.85. The van der Waals surface area contributed by atoms with E-state index in [9.17, 15) is 18.0 Å². The first-order valence-corrected chi connectivity index (χ1v) is 6.27. The van der Waals surface area contributed by atoms with Gasteiger partial charge >= 0.3 is 22.1 Å². The zero-order valence-electron chi connectivity index (χ0n) is 9.47. The van der Waals surface area contributed by atoms with Gasteiger partial charge in [-0.3, -0.25) is 0 Å². The fourth-order valence-corrected chi connectivity index (χ4v) is 1.60. The Hall–Kier alpha value is -1.63. The van der Waals surface area contributed by atoms with Crippen molar-refractivity contribution in [2.75, 3.05) is 12.4 Å². The molecule has 0 bridgehead atoms. The van der Waals surface area contributed by atoms with E-state index in [2.05, 4.69) is 22.1 Å². The highest BCUT2D eigenvalue weighted by Crippen LogP contribution is 2.00. The standard InChI is InChI=1S/C10H14O6S/c1-4-9(11)16-17(13,14)7-5-6-15-10(12)8(2)3/h4H,1-2,5-7H2,3H3. The maximum Gasteiger partial charge on any atom is 0.345 e. The summed E-state index contributed by atoms with van der Waals surface area (Å²) in [4.78, 5) is 21.6. The van der Waals surface area contributed by atoms with Gasteiger partial charge in [-0.05, 0) is 13.3 Å². The number of ether oxygens (including phenoxy) is 1. The van der Waals surface area contributed by atoms with Gasteiger partial charge in [0.05, 0.1) is 12.4 Å². The molecule has 0 spiro atoms. The summed E-state index contributed by atoms with van der Waals surface area (Å²) in [5.41, 5.74) is 0.228. The number of rotatable bonds is 7. The van der Waals surface area contributed by atoms with Gasteiger partial charge < -0.3 is 8.92 Å². The fraction of sp³-hybridized carbons (Fsp3) is 0.400. The number of hydrogen-bond donors (Lipinski definition) is 0. The molecule has 0 unspecified atom stereocenters. The molecule has 0 radical (unpaired) electrons. The molecule has 7 heteroatoms. The van der Waals surface area contributed by atoms with E-state index in [1.165, 1.54) is 6.92 Å². The lowest BCUT2D eigenvalue weighted by Gasteiger charge is -2.05. The third-order valence-corrected chi connectivity index (χ3v) is 2.70. The van der Waals surface area contributed by atoms with Crippen molar-refractivity contribution in [3.05, 3.63) is 24.8 Å². The first-order chi connectivity index (χ1) is 7.78. The number of carbonyl (C=O) groups is 2. The van der Waals surface area contributed by atoms with Crippen LogP contribution in [0.15, 0.2) is 24.8 Å². The second-order valence-electron chi connectivity index (χ2n) is 3.14. The van der Waals surface area contributed by atoms with Crippen molar-refractivity contribution in [3.63, 3.8) is 0 Å². The molecule has 0 saturated carbocycles. The second-order valence-corrected chi connectivity index (χ2v) is 4.83. The smallest absolute Gasteiger partial charge is 0.345 e. The van der Waals surface area contributed by atoms with Crippen LogP contribution in [0.4, 0.5) is 0 Å². The van der Waals surface area contributed by atoms with Crippen LogP contribution in [0.5, 0.6) is 0 Å². The van der Waals surface area contributed by atoms with E-state index in [1.54, 1.807) is 0 Å². The predicted molar refractivity (Wildman–Crippen MR) is 60.5 cm³/mol. The monoisotopic (exact) mass is 262 g/mol. The highest BCUT2D eigenvalue weighted by atomic mass is 32.2. The third kappa shape index (κ3) is 7.29. The maximum absolute atomic E-state index is 11.1. The SMILES string of the molecule is C=CC(=O)OS(=O)(=O)CCCOC(=O)C(=C)C. The third-order valence-electron chi connectivity index (χ3n) is 1.50. The van der Waals surface area contributed by atoms with Crippen LogP contribution in [0.1, 0.15) is 13.3 Å². The molecule has 0 N–H and O–H groups in total. The van der Waals surface area contributed by atoms with E-state index in [4.69, 9.17) is 0 Å². The summed E-state index contributed by atoms with van der Waals surface area (Å²) in [5.74, 6) is -2.05. The van der Waals surface area contributed by atoms with Crippen LogP contribution in [0.25, 0.3) is 0 Å². The Morgan fingerprint density at radius 1 is 1.35 bits per heavy atom. The topological polar surface area (TPSA) is 86.7 Å². The van der Waals surface area contributed by atoms with Crippen LogP contribution in [0, 0.1) is 0 Å². The maximum atomic E-state index is 11.1. The minimum absolute atomic E-state index is 0.0335. The Morgan fingerprint density at radius 2 is 1.94 bits per heavy atom. The lowest BCUT2D eigenvalue weighted by Crippen LogP contribution is -2.16. The van der Waals surface area contributed by atoms with Gasteiger partial charge in [0.1, 0.15) is 0 Å². The van der Waals surface area contributed by atoms with Gasteiger partial charge in [0.25, 0.3) is 0 Å². The Bertz CT molecular complexity index is 420. The van der Waals surface area contributed by atoms with Crippen molar-refractivity contribution < 1.29 is 26.9 Å². The van der Waals surface area contributed by atoms with E-state index in [1.807, 2.05) is 0 Å². The molecule has 0 saturated heterocycles. The summed E-state index contributed by atoms with van der Waals surface area (Å²) in [6.45, 7) is 7.82. The van der Waals surface area contributed by atoms with Crippen molar-refractivity contribution in [1.82, 2.24) is 0 Å². The van der Waals surface area contributed by atoms with E-state index < -0.39 is 27.8 Å². The molecule has 0 aromatic rings. The van der Waals surface area contributed by atoms with Gasteiger partial charge in [-0.2, -0.15) is 8.42 Å². The highest BCUT2D eigenvalue weighted by molar-refractivity contribution is 7.87. The molecule has 6 nitrogen and oxygen atoms in total. The normalized spacial score (nSPS) is 10.4. The molecule has 0 aromatic carbocycles. The summed E-state index contributed by atoms with van der Waals surface area (Å²) in [7, 11) is -3.95. The van der Waals surface area contributed by atoms with Crippen LogP contribution < -0.4 is 0 Å². The molecule has 96 valence electrons. The number of carbonyl (C=O) groups excluding carboxylic acids is 2. The summed E-state index contributed by atoms with van der Waals surface area (Å²) >= 11 is 0. The largest absolute Gasteiger partial charge is 0.462 e. The molecule has 17 heavy (non-hydrogen) atoms. The predicted octanol–water partition coefficient (Wildman–Crippen LogP) is 0.555. The quantitative estimate of drug-likeness (QED) is 0.288. The van der Waals surface area contributed by atoms with Gasteiger partial charge in [-0.1, -0.05) is 13.2 Å². The van der Waals surface area contributed by atoms with E-state index in [0.29, 0.717) is 0 Å². The van der Waals surface area contributed by atoms with Crippen molar-refractivity contribution in [2.24, 2.45) is 0 Å². The van der Waals surface area contributed by atoms with Crippen molar-refractivity contribution in [3.8, 4) is 0 Å².